The van der Waals surface area contributed by atoms with Crippen LogP contribution in [0.5, 0.6) is 0 Å². The van der Waals surface area contributed by atoms with E-state index >= 15 is 0 Å². The molecule has 1 aromatic rings. The maximum atomic E-state index is 11.9. The summed E-state index contributed by atoms with van der Waals surface area (Å²) in [5.41, 5.74) is 0.0568. The predicted molar refractivity (Wildman–Crippen MR) is 60.5 cm³/mol. The Morgan fingerprint density at radius 3 is 3.00 bits per heavy atom. The van der Waals surface area contributed by atoms with Crippen LogP contribution in [0.3, 0.4) is 0 Å². The molecule has 0 aromatic carbocycles. The molecule has 0 spiro atoms. The number of carbonyl (C=O) groups excluding carboxylic acids is 1. The zero-order valence-corrected chi connectivity index (χ0v) is 9.91. The number of rotatable bonds is 1. The van der Waals surface area contributed by atoms with E-state index in [1.807, 2.05) is 25.3 Å². The molecule has 0 fully saturated rings. The van der Waals surface area contributed by atoms with E-state index in [4.69, 9.17) is 4.74 Å². The van der Waals surface area contributed by atoms with E-state index in [9.17, 15) is 4.79 Å². The fraction of sp³-hybridized carbons (Fsp3) is 0.636. The molecule has 0 aliphatic carbocycles. The van der Waals surface area contributed by atoms with E-state index in [1.165, 1.54) is 0 Å². The van der Waals surface area contributed by atoms with Crippen molar-refractivity contribution in [2.45, 2.75) is 39.3 Å². The maximum absolute atomic E-state index is 11.9. The van der Waals surface area contributed by atoms with Gasteiger partial charge < -0.3 is 14.6 Å². The number of ether oxygens (including phenoxy) is 1. The Balaban J connectivity index is 2.21. The van der Waals surface area contributed by atoms with Crippen LogP contribution < -0.4 is 5.32 Å². The lowest BCUT2D eigenvalue weighted by Gasteiger charge is -2.21. The summed E-state index contributed by atoms with van der Waals surface area (Å²) in [6, 6.07) is 0. The molecule has 0 bridgehead atoms. The van der Waals surface area contributed by atoms with Gasteiger partial charge in [-0.1, -0.05) is 0 Å². The molecule has 5 nitrogen and oxygen atoms in total. The van der Waals surface area contributed by atoms with Crippen molar-refractivity contribution in [2.75, 3.05) is 11.9 Å². The van der Waals surface area contributed by atoms with Crippen molar-refractivity contribution in [3.05, 3.63) is 11.9 Å². The Morgan fingerprint density at radius 1 is 1.56 bits per heavy atom. The Kier molecular flexibility index (Phi) is 2.61. The molecule has 2 heterocycles. The van der Waals surface area contributed by atoms with Crippen molar-refractivity contribution in [1.82, 2.24) is 9.55 Å². The summed E-state index contributed by atoms with van der Waals surface area (Å²) >= 11 is 0. The zero-order valence-electron chi connectivity index (χ0n) is 9.91. The van der Waals surface area contributed by atoms with Crippen molar-refractivity contribution < 1.29 is 9.53 Å². The number of anilines is 1. The number of hydrogen-bond donors (Lipinski definition) is 1. The number of imidazole rings is 1. The third-order valence-electron chi connectivity index (χ3n) is 2.31. The molecule has 16 heavy (non-hydrogen) atoms. The first-order valence-corrected chi connectivity index (χ1v) is 5.50. The first-order chi connectivity index (χ1) is 7.47. The van der Waals surface area contributed by atoms with Gasteiger partial charge in [0.05, 0.1) is 6.20 Å². The van der Waals surface area contributed by atoms with Crippen molar-refractivity contribution in [1.29, 1.82) is 0 Å². The summed E-state index contributed by atoms with van der Waals surface area (Å²) in [5.74, 6) is 0.446. The molecule has 1 aliphatic heterocycles. The lowest BCUT2D eigenvalue weighted by Crippen LogP contribution is -2.27. The van der Waals surface area contributed by atoms with Crippen LogP contribution in [-0.2, 0) is 11.3 Å². The summed E-state index contributed by atoms with van der Waals surface area (Å²) in [6.45, 7) is 7.30. The highest BCUT2D eigenvalue weighted by molar-refractivity contribution is 5.88. The number of esters is 1. The molecule has 0 saturated carbocycles. The monoisotopic (exact) mass is 223 g/mol. The van der Waals surface area contributed by atoms with Crippen LogP contribution in [0.15, 0.2) is 6.20 Å². The highest BCUT2D eigenvalue weighted by atomic mass is 16.6. The normalized spacial score (nSPS) is 15.2. The van der Waals surface area contributed by atoms with Crippen LogP contribution >= 0.6 is 0 Å². The van der Waals surface area contributed by atoms with E-state index in [0.717, 1.165) is 25.5 Å². The lowest BCUT2D eigenvalue weighted by molar-refractivity contribution is 0.00575. The minimum atomic E-state index is -0.468. The average Bonchev–Trinajstić information content (AvgIpc) is 2.58. The topological polar surface area (TPSA) is 56.1 Å². The Bertz CT molecular complexity index is 404. The molecule has 0 atom stereocenters. The zero-order chi connectivity index (χ0) is 11.8. The fourth-order valence-corrected chi connectivity index (χ4v) is 1.67. The van der Waals surface area contributed by atoms with Crippen molar-refractivity contribution in [3.8, 4) is 0 Å². The average molecular weight is 223 g/mol. The Hall–Kier alpha value is -1.52. The van der Waals surface area contributed by atoms with Gasteiger partial charge in [-0.2, -0.15) is 0 Å². The minimum absolute atomic E-state index is 0.310. The highest BCUT2D eigenvalue weighted by Gasteiger charge is 2.23. The summed E-state index contributed by atoms with van der Waals surface area (Å²) in [7, 11) is 0. The molecule has 0 radical (unpaired) electrons. The summed E-state index contributed by atoms with van der Waals surface area (Å²) in [5, 5.41) is 3.14. The number of carbonyl (C=O) groups is 1. The molecule has 2 rings (SSSR count). The van der Waals surface area contributed by atoms with Crippen LogP contribution in [0.4, 0.5) is 5.95 Å². The van der Waals surface area contributed by atoms with Gasteiger partial charge in [0, 0.05) is 13.1 Å². The second kappa shape index (κ2) is 3.81. The third-order valence-corrected chi connectivity index (χ3v) is 2.31. The van der Waals surface area contributed by atoms with Gasteiger partial charge >= 0.3 is 5.97 Å². The number of nitrogens with zero attached hydrogens (tertiary/aromatic N) is 2. The van der Waals surface area contributed by atoms with Gasteiger partial charge in [-0.3, -0.25) is 0 Å². The van der Waals surface area contributed by atoms with Crippen molar-refractivity contribution in [2.24, 2.45) is 0 Å². The summed E-state index contributed by atoms with van der Waals surface area (Å²) < 4.78 is 7.19. The second-order valence-electron chi connectivity index (χ2n) is 4.90. The SMILES string of the molecule is CC(C)(C)OC(=O)c1cnc2n1CCCN2. The Labute approximate surface area is 94.8 Å². The maximum Gasteiger partial charge on any atom is 0.357 e. The molecular formula is C11H17N3O2. The molecular weight excluding hydrogens is 206 g/mol. The van der Waals surface area contributed by atoms with Gasteiger partial charge in [0.2, 0.25) is 5.95 Å². The predicted octanol–water partition coefficient (Wildman–Crippen LogP) is 1.65. The number of nitrogens with one attached hydrogen (secondary N) is 1. The van der Waals surface area contributed by atoms with Gasteiger partial charge in [-0.05, 0) is 27.2 Å². The standard InChI is InChI=1S/C11H17N3O2/c1-11(2,3)16-9(15)8-7-13-10-12-5-4-6-14(8)10/h7H,4-6H2,1-3H3,(H,12,13). The summed E-state index contributed by atoms with van der Waals surface area (Å²) in [4.78, 5) is 16.0. The first kappa shape index (κ1) is 11.0. The van der Waals surface area contributed by atoms with E-state index in [0.29, 0.717) is 5.69 Å². The van der Waals surface area contributed by atoms with Gasteiger partial charge in [-0.25, -0.2) is 9.78 Å². The highest BCUT2D eigenvalue weighted by Crippen LogP contribution is 2.18. The number of aromatic nitrogens is 2. The minimum Gasteiger partial charge on any atom is -0.455 e. The van der Waals surface area contributed by atoms with E-state index in [2.05, 4.69) is 10.3 Å². The van der Waals surface area contributed by atoms with Crippen LogP contribution in [0.1, 0.15) is 37.7 Å². The molecule has 0 unspecified atom stereocenters. The van der Waals surface area contributed by atoms with Gasteiger partial charge in [0.25, 0.3) is 0 Å². The second-order valence-corrected chi connectivity index (χ2v) is 4.90. The van der Waals surface area contributed by atoms with Gasteiger partial charge in [0.15, 0.2) is 0 Å². The smallest absolute Gasteiger partial charge is 0.357 e. The molecule has 1 N–H and O–H groups in total. The molecule has 0 amide bonds. The summed E-state index contributed by atoms with van der Waals surface area (Å²) in [6.07, 6.45) is 2.57. The van der Waals surface area contributed by atoms with Gasteiger partial charge in [0.1, 0.15) is 11.3 Å². The van der Waals surface area contributed by atoms with Crippen LogP contribution in [-0.4, -0.2) is 27.7 Å². The van der Waals surface area contributed by atoms with Crippen molar-refractivity contribution >= 4 is 11.9 Å². The molecule has 1 aliphatic rings. The number of hydrogen-bond acceptors (Lipinski definition) is 4. The quantitative estimate of drug-likeness (QED) is 0.735. The van der Waals surface area contributed by atoms with Crippen LogP contribution in [0.25, 0.3) is 0 Å². The van der Waals surface area contributed by atoms with Gasteiger partial charge in [-0.15, -0.1) is 0 Å². The lowest BCUT2D eigenvalue weighted by atomic mass is 10.2. The molecule has 1 aromatic heterocycles. The largest absolute Gasteiger partial charge is 0.455 e. The van der Waals surface area contributed by atoms with E-state index < -0.39 is 5.60 Å². The van der Waals surface area contributed by atoms with Crippen LogP contribution in [0.2, 0.25) is 0 Å². The third kappa shape index (κ3) is 2.18. The van der Waals surface area contributed by atoms with Crippen molar-refractivity contribution in [3.63, 3.8) is 0 Å². The first-order valence-electron chi connectivity index (χ1n) is 5.50. The Morgan fingerprint density at radius 2 is 2.31 bits per heavy atom. The van der Waals surface area contributed by atoms with E-state index in [1.54, 1.807) is 6.20 Å². The fourth-order valence-electron chi connectivity index (χ4n) is 1.67. The molecule has 5 heteroatoms. The molecule has 88 valence electrons. The molecule has 0 saturated heterocycles. The van der Waals surface area contributed by atoms with Crippen LogP contribution in [0, 0.1) is 0 Å². The number of fused-ring (bicyclic) bond motifs is 1. The van der Waals surface area contributed by atoms with E-state index in [-0.39, 0.29) is 5.97 Å².